The van der Waals surface area contributed by atoms with Crippen LogP contribution in [0.2, 0.25) is 0 Å². The first-order valence-corrected chi connectivity index (χ1v) is 9.47. The highest BCUT2D eigenvalue weighted by Gasteiger charge is 2.20. The number of ether oxygens (including phenoxy) is 2. The van der Waals surface area contributed by atoms with Crippen LogP contribution < -0.4 is 14.2 Å². The molecule has 0 aromatic heterocycles. The predicted octanol–water partition coefficient (Wildman–Crippen LogP) is 3.96. The Kier molecular flexibility index (Phi) is 7.43. The molecule has 0 heterocycles. The summed E-state index contributed by atoms with van der Waals surface area (Å²) in [5, 5.41) is 10.7. The highest BCUT2D eigenvalue weighted by Crippen LogP contribution is 2.36. The highest BCUT2D eigenvalue weighted by molar-refractivity contribution is 7.34. The summed E-state index contributed by atoms with van der Waals surface area (Å²) >= 11 is 0. The molecule has 0 aliphatic rings. The summed E-state index contributed by atoms with van der Waals surface area (Å²) in [5.41, 5.74) is -0.0685. The van der Waals surface area contributed by atoms with Crippen molar-refractivity contribution in [3.05, 3.63) is 58.6 Å². The lowest BCUT2D eigenvalue weighted by atomic mass is 10.3. The number of non-ortho nitro benzene ring substituents is 1. The molecule has 0 aliphatic carbocycles. The third kappa shape index (κ3) is 6.29. The summed E-state index contributed by atoms with van der Waals surface area (Å²) in [5.74, 6) is 0.127. The van der Waals surface area contributed by atoms with Gasteiger partial charge in [-0.25, -0.2) is 4.79 Å². The zero-order valence-electron chi connectivity index (χ0n) is 15.5. The van der Waals surface area contributed by atoms with Gasteiger partial charge in [0.2, 0.25) is 5.75 Å². The Bertz CT molecular complexity index is 868. The lowest BCUT2D eigenvalue weighted by Gasteiger charge is -2.10. The second-order valence-corrected chi connectivity index (χ2v) is 6.80. The number of nitro benzene ring substituents is 1. The molecule has 0 bridgehead atoms. The maximum absolute atomic E-state index is 12.2. The van der Waals surface area contributed by atoms with Gasteiger partial charge in [0.25, 0.3) is 5.69 Å². The first-order chi connectivity index (χ1) is 13.3. The van der Waals surface area contributed by atoms with Crippen molar-refractivity contribution >= 4 is 19.8 Å². The van der Waals surface area contributed by atoms with Crippen molar-refractivity contribution in [2.24, 2.45) is 4.74 Å². The van der Waals surface area contributed by atoms with E-state index in [0.29, 0.717) is 5.75 Å². The van der Waals surface area contributed by atoms with E-state index in [1.54, 1.807) is 32.0 Å². The molecule has 0 saturated carbocycles. The van der Waals surface area contributed by atoms with E-state index in [9.17, 15) is 19.8 Å². The number of carbonyl (C=O) groups excluding carboxylic acids is 1. The van der Waals surface area contributed by atoms with Crippen LogP contribution in [0.25, 0.3) is 0 Å². The maximum Gasteiger partial charge on any atom is 0.395 e. The van der Waals surface area contributed by atoms with Crippen LogP contribution in [-0.4, -0.2) is 23.0 Å². The first kappa shape index (κ1) is 21.3. The molecule has 2 aromatic rings. The monoisotopic (exact) mass is 406 g/mol. The Balaban J connectivity index is 2.11. The predicted molar refractivity (Wildman–Crippen MR) is 100 cm³/mol. The van der Waals surface area contributed by atoms with Gasteiger partial charge in [-0.2, -0.15) is 0 Å². The molecule has 2 aromatic carbocycles. The van der Waals surface area contributed by atoms with Gasteiger partial charge in [0, 0.05) is 12.1 Å². The molecular weight excluding hydrogens is 387 g/mol. The van der Waals surface area contributed by atoms with Crippen LogP contribution in [0.4, 0.5) is 5.69 Å². The van der Waals surface area contributed by atoms with Crippen LogP contribution >= 0.6 is 8.17 Å². The van der Waals surface area contributed by atoms with E-state index < -0.39 is 25.1 Å². The van der Waals surface area contributed by atoms with Gasteiger partial charge in [-0.15, -0.1) is 0 Å². The van der Waals surface area contributed by atoms with Crippen molar-refractivity contribution in [1.29, 1.82) is 0 Å². The van der Waals surface area contributed by atoms with Gasteiger partial charge in [-0.05, 0) is 45.0 Å². The zero-order valence-corrected chi connectivity index (χ0v) is 16.4. The molecular formula is C18H19N2O7P. The Hall–Kier alpha value is -3.03. The van der Waals surface area contributed by atoms with Crippen molar-refractivity contribution in [3.63, 3.8) is 0 Å². The number of nitrogens with zero attached hydrogens (tertiary/aromatic N) is 2. The van der Waals surface area contributed by atoms with Gasteiger partial charge in [-0.1, -0.05) is 16.9 Å². The number of rotatable bonds is 8. The molecule has 0 aliphatic heterocycles. The molecule has 0 saturated heterocycles. The summed E-state index contributed by atoms with van der Waals surface area (Å²) in [6.07, 6.45) is -0.306. The smallest absolute Gasteiger partial charge is 0.395 e. The number of hydrogen-bond acceptors (Lipinski definition) is 8. The van der Waals surface area contributed by atoms with Crippen molar-refractivity contribution in [3.8, 4) is 17.2 Å². The summed E-state index contributed by atoms with van der Waals surface area (Å²) in [6, 6.07) is 11.0. The molecule has 0 spiro atoms. The molecule has 2 rings (SSSR count). The quantitative estimate of drug-likeness (QED) is 0.281. The third-order valence-corrected chi connectivity index (χ3v) is 4.15. The number of esters is 1. The molecule has 0 radical (unpaired) electrons. The SMILES string of the molecule is CC(C)OC(=O)[C@H](C)N=[P+]([O-])Oc1ccccc1Oc1ccc([N+](=O)[O-])cc1. The summed E-state index contributed by atoms with van der Waals surface area (Å²) < 4.78 is 19.7. The van der Waals surface area contributed by atoms with Crippen LogP contribution in [0.3, 0.4) is 0 Å². The van der Waals surface area contributed by atoms with E-state index in [2.05, 4.69) is 4.74 Å². The summed E-state index contributed by atoms with van der Waals surface area (Å²) in [6.45, 7) is 4.86. The fourth-order valence-corrected chi connectivity index (χ4v) is 2.74. The van der Waals surface area contributed by atoms with Crippen LogP contribution in [0.15, 0.2) is 53.3 Å². The molecule has 0 N–H and O–H groups in total. The van der Waals surface area contributed by atoms with Crippen LogP contribution in [0.5, 0.6) is 17.2 Å². The Labute approximate surface area is 162 Å². The molecule has 148 valence electrons. The topological polar surface area (TPSA) is 123 Å². The van der Waals surface area contributed by atoms with E-state index in [-0.39, 0.29) is 23.3 Å². The molecule has 10 heteroatoms. The van der Waals surface area contributed by atoms with Crippen molar-refractivity contribution < 1.29 is 28.6 Å². The number of hydrogen-bond donors (Lipinski definition) is 0. The minimum Gasteiger partial charge on any atom is -0.575 e. The Morgan fingerprint density at radius 2 is 1.68 bits per heavy atom. The van der Waals surface area contributed by atoms with E-state index in [1.165, 1.54) is 37.3 Å². The molecule has 28 heavy (non-hydrogen) atoms. The number of benzene rings is 2. The lowest BCUT2D eigenvalue weighted by molar-refractivity contribution is -0.384. The van der Waals surface area contributed by atoms with E-state index in [0.717, 1.165) is 0 Å². The second kappa shape index (κ2) is 9.77. The zero-order chi connectivity index (χ0) is 20.7. The molecule has 0 fully saturated rings. The summed E-state index contributed by atoms with van der Waals surface area (Å²) in [4.78, 5) is 34.1. The number of nitro groups is 1. The molecule has 9 nitrogen and oxygen atoms in total. The van der Waals surface area contributed by atoms with E-state index >= 15 is 0 Å². The van der Waals surface area contributed by atoms with Crippen LogP contribution in [0, 0.1) is 10.1 Å². The molecule has 2 atom stereocenters. The summed E-state index contributed by atoms with van der Waals surface area (Å²) in [7, 11) is -2.55. The van der Waals surface area contributed by atoms with Gasteiger partial charge < -0.3 is 14.4 Å². The average molecular weight is 406 g/mol. The van der Waals surface area contributed by atoms with Gasteiger partial charge in [0.1, 0.15) is 5.75 Å². The standard InChI is InChI=1S/C18H19N2O7P/c1-12(2)25-18(21)13(3)19-28(24)27-17-7-5-4-6-16(17)26-15-10-8-14(9-11-15)20(22)23/h4-13H,1-3H3/t13-/m0/s1. The normalized spacial score (nSPS) is 12.4. The van der Waals surface area contributed by atoms with Gasteiger partial charge in [0.15, 0.2) is 11.8 Å². The number of para-hydroxylation sites is 2. The second-order valence-electron chi connectivity index (χ2n) is 5.91. The minimum absolute atomic E-state index is 0.0685. The van der Waals surface area contributed by atoms with Gasteiger partial charge in [0.05, 0.1) is 11.0 Å². The average Bonchev–Trinajstić information content (AvgIpc) is 2.63. The van der Waals surface area contributed by atoms with Gasteiger partial charge >= 0.3 is 14.1 Å². The van der Waals surface area contributed by atoms with Crippen molar-refractivity contribution in [1.82, 2.24) is 0 Å². The van der Waals surface area contributed by atoms with E-state index in [4.69, 9.17) is 14.0 Å². The molecule has 1 unspecified atom stereocenters. The van der Waals surface area contributed by atoms with Crippen molar-refractivity contribution in [2.75, 3.05) is 0 Å². The number of carbonyl (C=O) groups is 1. The Morgan fingerprint density at radius 1 is 1.07 bits per heavy atom. The van der Waals surface area contributed by atoms with Crippen molar-refractivity contribution in [2.45, 2.75) is 32.9 Å². The fraction of sp³-hybridized carbons (Fsp3) is 0.278. The fourth-order valence-electron chi connectivity index (χ4n) is 2.00. The first-order valence-electron chi connectivity index (χ1n) is 8.34. The lowest BCUT2D eigenvalue weighted by Crippen LogP contribution is -2.21. The van der Waals surface area contributed by atoms with E-state index in [1.807, 2.05) is 0 Å². The maximum atomic E-state index is 12.2. The van der Waals surface area contributed by atoms with Crippen LogP contribution in [-0.2, 0) is 9.53 Å². The third-order valence-electron chi connectivity index (χ3n) is 3.26. The molecule has 0 amide bonds. The largest absolute Gasteiger partial charge is 0.575 e. The highest BCUT2D eigenvalue weighted by atomic mass is 31.1. The van der Waals surface area contributed by atoms with Gasteiger partial charge in [-0.3, -0.25) is 14.6 Å². The minimum atomic E-state index is -2.55. The van der Waals surface area contributed by atoms with Crippen LogP contribution in [0.1, 0.15) is 20.8 Å². The Morgan fingerprint density at radius 3 is 2.25 bits per heavy atom.